The summed E-state index contributed by atoms with van der Waals surface area (Å²) < 4.78 is 19.8. The number of ether oxygens (including phenoxy) is 1. The Kier molecular flexibility index (Phi) is 6.89. The fourth-order valence-corrected chi connectivity index (χ4v) is 2.88. The highest BCUT2D eigenvalue weighted by Gasteiger charge is 2.09. The average molecular weight is 414 g/mol. The number of carboxylic acids is 1. The summed E-state index contributed by atoms with van der Waals surface area (Å²) in [4.78, 5) is 10.9. The molecule has 3 nitrogen and oxygen atoms in total. The minimum atomic E-state index is -1.30. The monoisotopic (exact) mass is 414 g/mol. The first kappa shape index (κ1) is 21.9. The van der Waals surface area contributed by atoms with Gasteiger partial charge < -0.3 is 9.84 Å². The molecule has 4 heteroatoms. The van der Waals surface area contributed by atoms with Crippen molar-refractivity contribution >= 4 is 17.8 Å². The van der Waals surface area contributed by atoms with E-state index in [1.54, 1.807) is 0 Å². The molecule has 0 bridgehead atoms. The van der Waals surface area contributed by atoms with Gasteiger partial charge in [0.15, 0.2) is 0 Å². The van der Waals surface area contributed by atoms with Crippen molar-refractivity contribution in [1.29, 1.82) is 0 Å². The topological polar surface area (TPSA) is 46.5 Å². The molecule has 3 rings (SSSR count). The van der Waals surface area contributed by atoms with Gasteiger partial charge in [0.25, 0.3) is 0 Å². The zero-order valence-electron chi connectivity index (χ0n) is 17.6. The van der Waals surface area contributed by atoms with E-state index >= 15 is 0 Å². The van der Waals surface area contributed by atoms with Crippen LogP contribution in [0.15, 0.2) is 66.7 Å². The second-order valence-corrected chi connectivity index (χ2v) is 7.41. The zero-order chi connectivity index (χ0) is 22.4. The Morgan fingerprint density at radius 2 is 1.58 bits per heavy atom. The molecule has 0 saturated carbocycles. The van der Waals surface area contributed by atoms with Crippen LogP contribution in [0.4, 0.5) is 4.39 Å². The van der Waals surface area contributed by atoms with E-state index in [1.807, 2.05) is 63.2 Å². The zero-order valence-corrected chi connectivity index (χ0v) is 17.6. The third kappa shape index (κ3) is 6.07. The van der Waals surface area contributed by atoms with Gasteiger partial charge in [-0.1, -0.05) is 53.8 Å². The summed E-state index contributed by atoms with van der Waals surface area (Å²) in [6, 6.07) is 19.7. The van der Waals surface area contributed by atoms with E-state index in [0.717, 1.165) is 28.5 Å². The molecule has 0 aromatic heterocycles. The summed E-state index contributed by atoms with van der Waals surface area (Å²) >= 11 is 0. The van der Waals surface area contributed by atoms with Gasteiger partial charge in [-0.2, -0.15) is 0 Å². The summed E-state index contributed by atoms with van der Waals surface area (Å²) in [6.07, 6.45) is 2.03. The fourth-order valence-electron chi connectivity index (χ4n) is 2.88. The molecular formula is C27H23FO3. The quantitative estimate of drug-likeness (QED) is 0.309. The standard InChI is InChI=1S/C27H23FO3/c1-18(2)31-26(17-22-6-4-19(3)5-7-22)23-13-10-20(11-14-23)8-9-21-12-15-24(27(29)30)25(28)16-21/h4-7,10-18H,1-3H3,(H,29,30)/b26-17-. The molecule has 3 aromatic rings. The normalized spacial score (nSPS) is 11.1. The first-order valence-electron chi connectivity index (χ1n) is 9.92. The summed E-state index contributed by atoms with van der Waals surface area (Å²) in [7, 11) is 0. The van der Waals surface area contributed by atoms with Crippen molar-refractivity contribution < 1.29 is 19.0 Å². The van der Waals surface area contributed by atoms with Gasteiger partial charge in [0.05, 0.1) is 11.7 Å². The Labute approximate surface area is 181 Å². The lowest BCUT2D eigenvalue weighted by Gasteiger charge is -2.14. The number of benzene rings is 3. The molecule has 1 N–H and O–H groups in total. The van der Waals surface area contributed by atoms with E-state index in [-0.39, 0.29) is 11.7 Å². The number of halogens is 1. The summed E-state index contributed by atoms with van der Waals surface area (Å²) in [5.74, 6) is 4.51. The largest absolute Gasteiger partial charge is 0.490 e. The highest BCUT2D eigenvalue weighted by Crippen LogP contribution is 2.22. The van der Waals surface area contributed by atoms with E-state index in [4.69, 9.17) is 9.84 Å². The minimum absolute atomic E-state index is 0.0276. The van der Waals surface area contributed by atoms with E-state index in [9.17, 15) is 9.18 Å². The lowest BCUT2D eigenvalue weighted by atomic mass is 10.1. The molecule has 0 heterocycles. The Morgan fingerprint density at radius 3 is 2.16 bits per heavy atom. The maximum absolute atomic E-state index is 13.8. The van der Waals surface area contributed by atoms with Gasteiger partial charge in [-0.25, -0.2) is 9.18 Å². The number of hydrogen-bond acceptors (Lipinski definition) is 2. The third-order valence-corrected chi connectivity index (χ3v) is 4.46. The maximum atomic E-state index is 13.8. The van der Waals surface area contributed by atoms with Crippen LogP contribution in [-0.2, 0) is 4.74 Å². The summed E-state index contributed by atoms with van der Waals surface area (Å²) in [5, 5.41) is 8.90. The number of carbonyl (C=O) groups is 1. The number of aromatic carboxylic acids is 1. The predicted octanol–water partition coefficient (Wildman–Crippen LogP) is 6.16. The van der Waals surface area contributed by atoms with Crippen LogP contribution >= 0.6 is 0 Å². The molecule has 0 radical (unpaired) electrons. The van der Waals surface area contributed by atoms with Crippen molar-refractivity contribution in [3.05, 3.63) is 106 Å². The summed E-state index contributed by atoms with van der Waals surface area (Å²) in [5.41, 5.74) is 3.98. The first-order valence-corrected chi connectivity index (χ1v) is 9.92. The van der Waals surface area contributed by atoms with Crippen molar-refractivity contribution in [2.24, 2.45) is 0 Å². The van der Waals surface area contributed by atoms with E-state index in [1.165, 1.54) is 17.7 Å². The van der Waals surface area contributed by atoms with E-state index < -0.39 is 11.8 Å². The van der Waals surface area contributed by atoms with Crippen molar-refractivity contribution in [2.75, 3.05) is 0 Å². The second-order valence-electron chi connectivity index (χ2n) is 7.41. The Morgan fingerprint density at radius 1 is 0.968 bits per heavy atom. The Hall–Kier alpha value is -3.84. The van der Waals surface area contributed by atoms with Crippen LogP contribution in [0.1, 0.15) is 52.0 Å². The van der Waals surface area contributed by atoms with Crippen LogP contribution in [-0.4, -0.2) is 17.2 Å². The molecule has 0 aliphatic heterocycles. The van der Waals surface area contributed by atoms with Crippen LogP contribution in [0.5, 0.6) is 0 Å². The SMILES string of the molecule is Cc1ccc(/C=C(\OC(C)C)c2ccc(C#Cc3ccc(C(=O)O)c(F)c3)cc2)cc1. The number of hydrogen-bond donors (Lipinski definition) is 1. The molecule has 0 fully saturated rings. The van der Waals surface area contributed by atoms with Crippen molar-refractivity contribution in [2.45, 2.75) is 26.9 Å². The Bertz CT molecular complexity index is 1160. The molecule has 0 aliphatic carbocycles. The van der Waals surface area contributed by atoms with Crippen molar-refractivity contribution in [3.8, 4) is 11.8 Å². The van der Waals surface area contributed by atoms with E-state index in [2.05, 4.69) is 24.0 Å². The number of rotatable bonds is 5. The maximum Gasteiger partial charge on any atom is 0.338 e. The van der Waals surface area contributed by atoms with Crippen LogP contribution < -0.4 is 0 Å². The van der Waals surface area contributed by atoms with Gasteiger partial charge in [-0.3, -0.25) is 0 Å². The van der Waals surface area contributed by atoms with Gasteiger partial charge in [-0.05, 0) is 62.7 Å². The lowest BCUT2D eigenvalue weighted by molar-refractivity contribution is 0.0692. The van der Waals surface area contributed by atoms with Gasteiger partial charge in [0.2, 0.25) is 0 Å². The lowest BCUT2D eigenvalue weighted by Crippen LogP contribution is -2.02. The third-order valence-electron chi connectivity index (χ3n) is 4.46. The predicted molar refractivity (Wildman–Crippen MR) is 121 cm³/mol. The molecule has 0 amide bonds. The highest BCUT2D eigenvalue weighted by atomic mass is 19.1. The van der Waals surface area contributed by atoms with Crippen LogP contribution in [0, 0.1) is 24.6 Å². The van der Waals surface area contributed by atoms with E-state index in [0.29, 0.717) is 5.56 Å². The molecule has 0 saturated heterocycles. The van der Waals surface area contributed by atoms with Crippen LogP contribution in [0.25, 0.3) is 11.8 Å². The van der Waals surface area contributed by atoms with Crippen LogP contribution in [0.3, 0.4) is 0 Å². The first-order chi connectivity index (χ1) is 14.8. The summed E-state index contributed by atoms with van der Waals surface area (Å²) in [6.45, 7) is 6.02. The Balaban J connectivity index is 1.84. The van der Waals surface area contributed by atoms with Gasteiger partial charge in [0, 0.05) is 16.7 Å². The van der Waals surface area contributed by atoms with Crippen LogP contribution in [0.2, 0.25) is 0 Å². The number of carboxylic acid groups (broad SMARTS) is 1. The average Bonchev–Trinajstić information content (AvgIpc) is 2.73. The van der Waals surface area contributed by atoms with Gasteiger partial charge in [0.1, 0.15) is 11.6 Å². The molecule has 156 valence electrons. The molecule has 31 heavy (non-hydrogen) atoms. The minimum Gasteiger partial charge on any atom is -0.490 e. The second kappa shape index (κ2) is 9.77. The molecule has 0 spiro atoms. The smallest absolute Gasteiger partial charge is 0.338 e. The molecular weight excluding hydrogens is 391 g/mol. The molecule has 0 atom stereocenters. The van der Waals surface area contributed by atoms with Gasteiger partial charge >= 0.3 is 5.97 Å². The fraction of sp³-hybridized carbons (Fsp3) is 0.148. The van der Waals surface area contributed by atoms with Gasteiger partial charge in [-0.15, -0.1) is 0 Å². The molecule has 0 unspecified atom stereocenters. The number of aryl methyl sites for hydroxylation is 1. The van der Waals surface area contributed by atoms with Crippen molar-refractivity contribution in [3.63, 3.8) is 0 Å². The highest BCUT2D eigenvalue weighted by molar-refractivity contribution is 5.88. The molecule has 3 aromatic carbocycles. The van der Waals surface area contributed by atoms with Crippen molar-refractivity contribution in [1.82, 2.24) is 0 Å². The molecule has 0 aliphatic rings.